The second-order valence-corrected chi connectivity index (χ2v) is 4.82. The molecule has 0 amide bonds. The van der Waals surface area contributed by atoms with Gasteiger partial charge in [0.2, 0.25) is 0 Å². The van der Waals surface area contributed by atoms with E-state index in [1.54, 1.807) is 6.20 Å². The second-order valence-electron chi connectivity index (χ2n) is 4.82. The van der Waals surface area contributed by atoms with Gasteiger partial charge in [-0.2, -0.15) is 0 Å². The molecule has 2 aromatic rings. The Balaban J connectivity index is 2.25. The SMILES string of the molecule is CCCn1ccnc1CC(O)(CN)c1ccccc1. The average molecular weight is 259 g/mol. The number of aliphatic hydroxyl groups is 1. The van der Waals surface area contributed by atoms with Gasteiger partial charge in [-0.3, -0.25) is 0 Å². The number of imidazole rings is 1. The summed E-state index contributed by atoms with van der Waals surface area (Å²) in [6.07, 6.45) is 5.18. The Morgan fingerprint density at radius 3 is 2.68 bits per heavy atom. The van der Waals surface area contributed by atoms with Crippen LogP contribution < -0.4 is 5.73 Å². The molecular formula is C15H21N3O. The first-order chi connectivity index (χ1) is 9.19. The predicted molar refractivity (Wildman–Crippen MR) is 75.6 cm³/mol. The van der Waals surface area contributed by atoms with Crippen molar-refractivity contribution in [2.24, 2.45) is 5.73 Å². The minimum Gasteiger partial charge on any atom is -0.383 e. The molecule has 102 valence electrons. The number of hydrogen-bond donors (Lipinski definition) is 2. The first kappa shape index (κ1) is 13.8. The van der Waals surface area contributed by atoms with Crippen molar-refractivity contribution in [1.82, 2.24) is 9.55 Å². The fourth-order valence-corrected chi connectivity index (χ4v) is 2.25. The summed E-state index contributed by atoms with van der Waals surface area (Å²) in [5, 5.41) is 10.8. The molecule has 0 aliphatic heterocycles. The smallest absolute Gasteiger partial charge is 0.111 e. The van der Waals surface area contributed by atoms with Gasteiger partial charge >= 0.3 is 0 Å². The van der Waals surface area contributed by atoms with Crippen LogP contribution >= 0.6 is 0 Å². The van der Waals surface area contributed by atoms with Gasteiger partial charge in [-0.25, -0.2) is 4.98 Å². The standard InChI is InChI=1S/C15H21N3O/c1-2-9-18-10-8-17-14(18)11-15(19,12-16)13-6-4-3-5-7-13/h3-8,10,19H,2,9,11-12,16H2,1H3. The van der Waals surface area contributed by atoms with Gasteiger partial charge in [0.25, 0.3) is 0 Å². The van der Waals surface area contributed by atoms with Crippen LogP contribution in [0.4, 0.5) is 0 Å². The van der Waals surface area contributed by atoms with Crippen molar-refractivity contribution in [2.75, 3.05) is 6.54 Å². The van der Waals surface area contributed by atoms with Crippen molar-refractivity contribution in [1.29, 1.82) is 0 Å². The van der Waals surface area contributed by atoms with E-state index in [0.29, 0.717) is 6.42 Å². The summed E-state index contributed by atoms with van der Waals surface area (Å²) in [7, 11) is 0. The summed E-state index contributed by atoms with van der Waals surface area (Å²) >= 11 is 0. The number of aryl methyl sites for hydroxylation is 1. The third-order valence-corrected chi connectivity index (χ3v) is 3.37. The summed E-state index contributed by atoms with van der Waals surface area (Å²) in [4.78, 5) is 4.34. The van der Waals surface area contributed by atoms with Crippen LogP contribution in [0.15, 0.2) is 42.7 Å². The zero-order valence-corrected chi connectivity index (χ0v) is 11.3. The third kappa shape index (κ3) is 3.03. The number of rotatable bonds is 6. The van der Waals surface area contributed by atoms with Crippen LogP contribution in [0.1, 0.15) is 24.7 Å². The molecule has 0 saturated carbocycles. The van der Waals surface area contributed by atoms with Crippen molar-refractivity contribution in [2.45, 2.75) is 31.9 Å². The maximum Gasteiger partial charge on any atom is 0.111 e. The molecule has 0 fully saturated rings. The molecule has 1 unspecified atom stereocenters. The zero-order chi connectivity index (χ0) is 13.7. The molecule has 0 spiro atoms. The van der Waals surface area contributed by atoms with E-state index < -0.39 is 5.60 Å². The summed E-state index contributed by atoms with van der Waals surface area (Å²) < 4.78 is 2.07. The molecule has 0 radical (unpaired) electrons. The van der Waals surface area contributed by atoms with E-state index in [1.165, 1.54) is 0 Å². The minimum atomic E-state index is -1.06. The van der Waals surface area contributed by atoms with Crippen LogP contribution in [-0.4, -0.2) is 21.2 Å². The van der Waals surface area contributed by atoms with Crippen LogP contribution in [0.3, 0.4) is 0 Å². The largest absolute Gasteiger partial charge is 0.383 e. The Morgan fingerprint density at radius 1 is 1.32 bits per heavy atom. The van der Waals surface area contributed by atoms with Crippen molar-refractivity contribution in [3.8, 4) is 0 Å². The summed E-state index contributed by atoms with van der Waals surface area (Å²) in [5.41, 5.74) is 5.57. The molecule has 3 N–H and O–H groups in total. The molecule has 1 aromatic carbocycles. The lowest BCUT2D eigenvalue weighted by Gasteiger charge is -2.27. The van der Waals surface area contributed by atoms with E-state index in [4.69, 9.17) is 5.73 Å². The molecule has 4 heteroatoms. The van der Waals surface area contributed by atoms with E-state index in [2.05, 4.69) is 16.5 Å². The van der Waals surface area contributed by atoms with Gasteiger partial charge in [-0.05, 0) is 12.0 Å². The Labute approximate surface area is 113 Å². The fraction of sp³-hybridized carbons (Fsp3) is 0.400. The molecular weight excluding hydrogens is 238 g/mol. The highest BCUT2D eigenvalue weighted by Crippen LogP contribution is 2.24. The minimum absolute atomic E-state index is 0.177. The van der Waals surface area contributed by atoms with Crippen molar-refractivity contribution in [3.05, 3.63) is 54.1 Å². The lowest BCUT2D eigenvalue weighted by molar-refractivity contribution is 0.0433. The molecule has 1 heterocycles. The maximum atomic E-state index is 10.8. The number of nitrogens with zero attached hydrogens (tertiary/aromatic N) is 2. The number of hydrogen-bond acceptors (Lipinski definition) is 3. The van der Waals surface area contributed by atoms with Crippen LogP contribution in [-0.2, 0) is 18.6 Å². The Bertz CT molecular complexity index is 509. The van der Waals surface area contributed by atoms with Crippen molar-refractivity contribution in [3.63, 3.8) is 0 Å². The first-order valence-electron chi connectivity index (χ1n) is 6.67. The van der Waals surface area contributed by atoms with Gasteiger partial charge in [0, 0.05) is 31.9 Å². The van der Waals surface area contributed by atoms with Crippen LogP contribution in [0.5, 0.6) is 0 Å². The van der Waals surface area contributed by atoms with Crippen LogP contribution in [0.25, 0.3) is 0 Å². The molecule has 1 atom stereocenters. The second kappa shape index (κ2) is 5.99. The lowest BCUT2D eigenvalue weighted by atomic mass is 9.90. The number of benzene rings is 1. The lowest BCUT2D eigenvalue weighted by Crippen LogP contribution is -2.38. The van der Waals surface area contributed by atoms with Crippen molar-refractivity contribution >= 4 is 0 Å². The summed E-state index contributed by atoms with van der Waals surface area (Å²) in [6, 6.07) is 9.56. The van der Waals surface area contributed by atoms with Gasteiger partial charge < -0.3 is 15.4 Å². The van der Waals surface area contributed by atoms with Gasteiger partial charge in [0.15, 0.2) is 0 Å². The summed E-state index contributed by atoms with van der Waals surface area (Å²) in [6.45, 7) is 3.21. The van der Waals surface area contributed by atoms with E-state index in [0.717, 1.165) is 24.4 Å². The maximum absolute atomic E-state index is 10.8. The zero-order valence-electron chi connectivity index (χ0n) is 11.3. The molecule has 0 bridgehead atoms. The van der Waals surface area contributed by atoms with E-state index in [-0.39, 0.29) is 6.54 Å². The van der Waals surface area contributed by atoms with E-state index >= 15 is 0 Å². The molecule has 0 aliphatic carbocycles. The Hall–Kier alpha value is -1.65. The predicted octanol–water partition coefficient (Wildman–Crippen LogP) is 1.68. The van der Waals surface area contributed by atoms with Crippen LogP contribution in [0, 0.1) is 0 Å². The highest BCUT2D eigenvalue weighted by molar-refractivity contribution is 5.24. The molecule has 4 nitrogen and oxygen atoms in total. The number of nitrogens with two attached hydrogens (primary N) is 1. The van der Waals surface area contributed by atoms with Gasteiger partial charge in [0.05, 0.1) is 0 Å². The van der Waals surface area contributed by atoms with Gasteiger partial charge in [0.1, 0.15) is 11.4 Å². The third-order valence-electron chi connectivity index (χ3n) is 3.37. The first-order valence-corrected chi connectivity index (χ1v) is 6.67. The van der Waals surface area contributed by atoms with Gasteiger partial charge in [-0.15, -0.1) is 0 Å². The molecule has 0 aliphatic rings. The van der Waals surface area contributed by atoms with Crippen LogP contribution in [0.2, 0.25) is 0 Å². The van der Waals surface area contributed by atoms with E-state index in [1.807, 2.05) is 36.5 Å². The fourth-order valence-electron chi connectivity index (χ4n) is 2.25. The summed E-state index contributed by atoms with van der Waals surface area (Å²) in [5.74, 6) is 0.874. The molecule has 2 rings (SSSR count). The molecule has 19 heavy (non-hydrogen) atoms. The molecule has 1 aromatic heterocycles. The topological polar surface area (TPSA) is 64.1 Å². The number of aromatic nitrogens is 2. The van der Waals surface area contributed by atoms with Crippen molar-refractivity contribution < 1.29 is 5.11 Å². The highest BCUT2D eigenvalue weighted by Gasteiger charge is 2.29. The van der Waals surface area contributed by atoms with Gasteiger partial charge in [-0.1, -0.05) is 37.3 Å². The Kier molecular flexibility index (Phi) is 4.35. The molecule has 0 saturated heterocycles. The monoisotopic (exact) mass is 259 g/mol. The quantitative estimate of drug-likeness (QED) is 0.829. The highest BCUT2D eigenvalue weighted by atomic mass is 16.3. The van der Waals surface area contributed by atoms with E-state index in [9.17, 15) is 5.11 Å². The Morgan fingerprint density at radius 2 is 2.05 bits per heavy atom. The average Bonchev–Trinajstić information content (AvgIpc) is 2.87. The normalized spacial score (nSPS) is 14.3.